The third-order valence-corrected chi connectivity index (χ3v) is 2.99. The molecule has 0 aliphatic heterocycles. The molecule has 0 aliphatic carbocycles. The minimum atomic E-state index is -0.423. The number of aliphatic hydroxyl groups is 1. The van der Waals surface area contributed by atoms with Gasteiger partial charge >= 0.3 is 0 Å². The molecular formula is C14H16O2. The topological polar surface area (TPSA) is 40.5 Å². The van der Waals surface area contributed by atoms with Gasteiger partial charge in [-0.3, -0.25) is 0 Å². The minimum Gasteiger partial charge on any atom is -0.508 e. The number of rotatable bonds is 2. The van der Waals surface area contributed by atoms with Crippen molar-refractivity contribution in [2.75, 3.05) is 6.61 Å². The van der Waals surface area contributed by atoms with E-state index in [1.165, 1.54) is 0 Å². The van der Waals surface area contributed by atoms with Crippen molar-refractivity contribution in [3.63, 3.8) is 0 Å². The summed E-state index contributed by atoms with van der Waals surface area (Å²) in [7, 11) is 0. The van der Waals surface area contributed by atoms with Gasteiger partial charge in [0.05, 0.1) is 6.61 Å². The molecule has 2 aromatic rings. The number of benzene rings is 2. The molecule has 0 unspecified atom stereocenters. The Morgan fingerprint density at radius 1 is 1.06 bits per heavy atom. The van der Waals surface area contributed by atoms with Crippen LogP contribution < -0.4 is 0 Å². The molecule has 0 aliphatic rings. The third-order valence-electron chi connectivity index (χ3n) is 2.99. The molecule has 84 valence electrons. The molecule has 0 spiro atoms. The first-order chi connectivity index (χ1) is 7.54. The molecule has 2 nitrogen and oxygen atoms in total. The van der Waals surface area contributed by atoms with Crippen molar-refractivity contribution >= 4 is 10.8 Å². The maximum absolute atomic E-state index is 9.96. The zero-order valence-electron chi connectivity index (χ0n) is 9.57. The Hall–Kier alpha value is -1.54. The van der Waals surface area contributed by atoms with E-state index in [9.17, 15) is 10.2 Å². The van der Waals surface area contributed by atoms with E-state index in [0.29, 0.717) is 0 Å². The first kappa shape index (κ1) is 11.0. The van der Waals surface area contributed by atoms with Crippen molar-refractivity contribution in [2.24, 2.45) is 0 Å². The number of phenolic OH excluding ortho intramolecular Hbond substituents is 1. The molecule has 0 fully saturated rings. The Bertz CT molecular complexity index is 515. The largest absolute Gasteiger partial charge is 0.508 e. The van der Waals surface area contributed by atoms with Gasteiger partial charge in [-0.15, -0.1) is 0 Å². The molecule has 16 heavy (non-hydrogen) atoms. The number of fused-ring (bicyclic) bond motifs is 1. The van der Waals surface area contributed by atoms with Crippen LogP contribution in [0.15, 0.2) is 36.4 Å². The molecule has 2 rings (SSSR count). The Labute approximate surface area is 95.2 Å². The van der Waals surface area contributed by atoms with Crippen LogP contribution >= 0.6 is 0 Å². The summed E-state index contributed by atoms with van der Waals surface area (Å²) in [6.07, 6.45) is 0. The molecule has 0 atom stereocenters. The average molecular weight is 216 g/mol. The lowest BCUT2D eigenvalue weighted by atomic mass is 9.84. The van der Waals surface area contributed by atoms with E-state index in [1.807, 2.05) is 44.2 Å². The lowest BCUT2D eigenvalue weighted by Crippen LogP contribution is -2.22. The van der Waals surface area contributed by atoms with Gasteiger partial charge in [-0.2, -0.15) is 0 Å². The maximum Gasteiger partial charge on any atom is 0.120 e. The summed E-state index contributed by atoms with van der Waals surface area (Å²) in [6.45, 7) is 3.84. The van der Waals surface area contributed by atoms with Crippen LogP contribution in [0.5, 0.6) is 5.75 Å². The second kappa shape index (κ2) is 3.80. The number of hydrogen-bond acceptors (Lipinski definition) is 2. The van der Waals surface area contributed by atoms with Crippen LogP contribution in [0.25, 0.3) is 10.8 Å². The van der Waals surface area contributed by atoms with Crippen LogP contribution in [-0.4, -0.2) is 16.8 Å². The fourth-order valence-corrected chi connectivity index (χ4v) is 1.86. The van der Waals surface area contributed by atoms with Gasteiger partial charge in [0.2, 0.25) is 0 Å². The number of phenols is 1. The van der Waals surface area contributed by atoms with E-state index in [-0.39, 0.29) is 12.4 Å². The third kappa shape index (κ3) is 1.76. The van der Waals surface area contributed by atoms with Gasteiger partial charge in [0, 0.05) is 11.0 Å². The molecule has 0 saturated heterocycles. The summed E-state index contributed by atoms with van der Waals surface area (Å²) in [5, 5.41) is 21.4. The Kier molecular flexibility index (Phi) is 2.60. The molecule has 0 aromatic heterocycles. The fourth-order valence-electron chi connectivity index (χ4n) is 1.86. The lowest BCUT2D eigenvalue weighted by molar-refractivity contribution is 0.215. The van der Waals surface area contributed by atoms with Crippen LogP contribution in [0, 0.1) is 0 Å². The fraction of sp³-hybridized carbons (Fsp3) is 0.286. The van der Waals surface area contributed by atoms with Crippen molar-refractivity contribution in [1.82, 2.24) is 0 Å². The van der Waals surface area contributed by atoms with E-state index in [0.717, 1.165) is 16.3 Å². The standard InChI is InChI=1S/C14H16O2/c1-14(2,9-15)12-7-10-5-3-4-6-11(10)8-13(12)16/h3-8,15-16H,9H2,1-2H3. The van der Waals surface area contributed by atoms with E-state index in [4.69, 9.17) is 0 Å². The van der Waals surface area contributed by atoms with Crippen molar-refractivity contribution < 1.29 is 10.2 Å². The van der Waals surface area contributed by atoms with Crippen LogP contribution in [0.1, 0.15) is 19.4 Å². The minimum absolute atomic E-state index is 0.0128. The Morgan fingerprint density at radius 3 is 2.19 bits per heavy atom. The van der Waals surface area contributed by atoms with Crippen molar-refractivity contribution in [2.45, 2.75) is 19.3 Å². The molecular weight excluding hydrogens is 200 g/mol. The smallest absolute Gasteiger partial charge is 0.120 e. The second-order valence-corrected chi connectivity index (χ2v) is 4.76. The van der Waals surface area contributed by atoms with Crippen molar-refractivity contribution in [1.29, 1.82) is 0 Å². The molecule has 2 N–H and O–H groups in total. The molecule has 0 amide bonds. The summed E-state index contributed by atoms with van der Waals surface area (Å²) in [5.41, 5.74) is 0.363. The molecule has 0 heterocycles. The van der Waals surface area contributed by atoms with Crippen LogP contribution in [0.2, 0.25) is 0 Å². The summed E-state index contributed by atoms with van der Waals surface area (Å²) in [6, 6.07) is 11.6. The molecule has 0 saturated carbocycles. The Morgan fingerprint density at radius 2 is 1.62 bits per heavy atom. The zero-order valence-corrected chi connectivity index (χ0v) is 9.57. The first-order valence-corrected chi connectivity index (χ1v) is 5.38. The van der Waals surface area contributed by atoms with Crippen LogP contribution in [-0.2, 0) is 5.41 Å². The highest BCUT2D eigenvalue weighted by Gasteiger charge is 2.23. The van der Waals surface area contributed by atoms with Gasteiger partial charge in [-0.25, -0.2) is 0 Å². The van der Waals surface area contributed by atoms with Crippen molar-refractivity contribution in [3.05, 3.63) is 42.0 Å². The van der Waals surface area contributed by atoms with E-state index in [1.54, 1.807) is 6.07 Å². The van der Waals surface area contributed by atoms with Crippen molar-refractivity contribution in [3.8, 4) is 5.75 Å². The number of hydrogen-bond donors (Lipinski definition) is 2. The zero-order chi connectivity index (χ0) is 11.8. The van der Waals surface area contributed by atoms with Gasteiger partial charge in [0.1, 0.15) is 5.75 Å². The predicted octanol–water partition coefficient (Wildman–Crippen LogP) is 2.82. The number of aromatic hydroxyl groups is 1. The highest BCUT2D eigenvalue weighted by molar-refractivity contribution is 5.85. The van der Waals surface area contributed by atoms with E-state index >= 15 is 0 Å². The number of aliphatic hydroxyl groups excluding tert-OH is 1. The first-order valence-electron chi connectivity index (χ1n) is 5.38. The van der Waals surface area contributed by atoms with Gasteiger partial charge < -0.3 is 10.2 Å². The van der Waals surface area contributed by atoms with Crippen LogP contribution in [0.3, 0.4) is 0 Å². The second-order valence-electron chi connectivity index (χ2n) is 4.76. The molecule has 0 bridgehead atoms. The highest BCUT2D eigenvalue weighted by atomic mass is 16.3. The predicted molar refractivity (Wildman–Crippen MR) is 65.7 cm³/mol. The van der Waals surface area contributed by atoms with E-state index < -0.39 is 5.41 Å². The molecule has 2 aromatic carbocycles. The Balaban J connectivity index is 2.67. The monoisotopic (exact) mass is 216 g/mol. The van der Waals surface area contributed by atoms with Gasteiger partial charge in [-0.1, -0.05) is 38.1 Å². The lowest BCUT2D eigenvalue weighted by Gasteiger charge is -2.23. The molecule has 2 heteroatoms. The highest BCUT2D eigenvalue weighted by Crippen LogP contribution is 2.34. The molecule has 0 radical (unpaired) electrons. The summed E-state index contributed by atoms with van der Waals surface area (Å²) in [4.78, 5) is 0. The quantitative estimate of drug-likeness (QED) is 0.810. The van der Waals surface area contributed by atoms with Gasteiger partial charge in [0.25, 0.3) is 0 Å². The van der Waals surface area contributed by atoms with Crippen LogP contribution in [0.4, 0.5) is 0 Å². The summed E-state index contributed by atoms with van der Waals surface area (Å²) in [5.74, 6) is 0.248. The summed E-state index contributed by atoms with van der Waals surface area (Å²) < 4.78 is 0. The van der Waals surface area contributed by atoms with Gasteiger partial charge in [-0.05, 0) is 22.9 Å². The van der Waals surface area contributed by atoms with Gasteiger partial charge in [0.15, 0.2) is 0 Å². The van der Waals surface area contributed by atoms with E-state index in [2.05, 4.69) is 0 Å². The SMILES string of the molecule is CC(C)(CO)c1cc2ccccc2cc1O. The summed E-state index contributed by atoms with van der Waals surface area (Å²) >= 11 is 0. The average Bonchev–Trinajstić information content (AvgIpc) is 2.28. The maximum atomic E-state index is 9.96. The normalized spacial score (nSPS) is 11.9.